The zero-order chi connectivity index (χ0) is 19.3. The molecule has 1 N–H and O–H groups in total. The molecule has 2 aromatic carbocycles. The van der Waals surface area contributed by atoms with Crippen LogP contribution in [0.2, 0.25) is 0 Å². The summed E-state index contributed by atoms with van der Waals surface area (Å²) in [7, 11) is 0. The van der Waals surface area contributed by atoms with Crippen LogP contribution < -0.4 is 9.47 Å². The van der Waals surface area contributed by atoms with Crippen molar-refractivity contribution in [3.8, 4) is 11.5 Å². The first kappa shape index (κ1) is 19.5. The largest absolute Gasteiger partial charge is 0.492 e. The molecule has 0 bridgehead atoms. The van der Waals surface area contributed by atoms with Crippen LogP contribution in [0, 0.1) is 0 Å². The van der Waals surface area contributed by atoms with E-state index in [2.05, 4.69) is 4.90 Å². The van der Waals surface area contributed by atoms with E-state index >= 15 is 0 Å². The summed E-state index contributed by atoms with van der Waals surface area (Å²) in [5.41, 5.74) is 0.0825. The lowest BCUT2D eigenvalue weighted by atomic mass is 10.2. The zero-order valence-electron chi connectivity index (χ0n) is 14.8. The monoisotopic (exact) mass is 381 g/mol. The quantitative estimate of drug-likeness (QED) is 0.794. The summed E-state index contributed by atoms with van der Waals surface area (Å²) < 4.78 is 50.5. The molecule has 0 aromatic heterocycles. The molecule has 146 valence electrons. The second-order valence-electron chi connectivity index (χ2n) is 6.47. The van der Waals surface area contributed by atoms with Gasteiger partial charge in [-0.3, -0.25) is 4.90 Å². The molecule has 1 aliphatic rings. The van der Waals surface area contributed by atoms with Gasteiger partial charge in [0.15, 0.2) is 0 Å². The molecule has 1 saturated heterocycles. The molecule has 2 aromatic rings. The van der Waals surface area contributed by atoms with E-state index in [1.807, 2.05) is 0 Å². The van der Waals surface area contributed by atoms with E-state index in [0.29, 0.717) is 26.1 Å². The van der Waals surface area contributed by atoms with E-state index in [0.717, 1.165) is 23.9 Å². The Kier molecular flexibility index (Phi) is 6.23. The summed E-state index contributed by atoms with van der Waals surface area (Å²) in [6.07, 6.45) is -4.01. The molecule has 0 saturated carbocycles. The van der Waals surface area contributed by atoms with Gasteiger partial charge in [-0.15, -0.1) is 0 Å². The van der Waals surface area contributed by atoms with Gasteiger partial charge in [0.1, 0.15) is 24.2 Å². The summed E-state index contributed by atoms with van der Waals surface area (Å²) in [4.78, 5) is 2.11. The van der Waals surface area contributed by atoms with Crippen molar-refractivity contribution in [3.63, 3.8) is 0 Å². The topological polar surface area (TPSA) is 41.9 Å². The molecule has 0 radical (unpaired) electrons. The maximum absolute atomic E-state index is 13.1. The van der Waals surface area contributed by atoms with Crippen LogP contribution in [0.4, 0.5) is 13.2 Å². The highest BCUT2D eigenvalue weighted by molar-refractivity contribution is 5.35. The number of para-hydroxylation sites is 1. The number of hydrogen-bond donors (Lipinski definition) is 1. The molecule has 0 amide bonds. The number of ether oxygens (including phenoxy) is 2. The Bertz CT molecular complexity index is 734. The molecule has 4 nitrogen and oxygen atoms in total. The van der Waals surface area contributed by atoms with Crippen LogP contribution in [-0.4, -0.2) is 42.4 Å². The van der Waals surface area contributed by atoms with Crippen LogP contribution in [-0.2, 0) is 12.8 Å². The van der Waals surface area contributed by atoms with Crippen molar-refractivity contribution in [1.29, 1.82) is 0 Å². The normalized spacial score (nSPS) is 17.9. The number of hydrogen-bond acceptors (Lipinski definition) is 4. The Labute approximate surface area is 156 Å². The third-order valence-corrected chi connectivity index (χ3v) is 4.50. The Balaban J connectivity index is 1.46. The lowest BCUT2D eigenvalue weighted by Crippen LogP contribution is -2.29. The summed E-state index contributed by atoms with van der Waals surface area (Å²) >= 11 is 0. The summed E-state index contributed by atoms with van der Waals surface area (Å²) in [6.45, 7) is 2.46. The van der Waals surface area contributed by atoms with Gasteiger partial charge in [-0.1, -0.05) is 24.3 Å². The number of benzene rings is 2. The first-order chi connectivity index (χ1) is 13.0. The standard InChI is InChI=1S/C20H22F3NO3/c21-20(22,23)18-3-1-2-4-19(18)27-17-9-10-24(13-17)11-12-26-16-7-5-15(14-25)6-8-16/h1-8,17,25H,9-14H2. The molecule has 1 fully saturated rings. The fraction of sp³-hybridized carbons (Fsp3) is 0.400. The minimum atomic E-state index is -4.42. The van der Waals surface area contributed by atoms with Crippen LogP contribution >= 0.6 is 0 Å². The molecule has 1 heterocycles. The predicted molar refractivity (Wildman–Crippen MR) is 94.8 cm³/mol. The third-order valence-electron chi connectivity index (χ3n) is 4.50. The van der Waals surface area contributed by atoms with Gasteiger partial charge in [0.2, 0.25) is 0 Å². The van der Waals surface area contributed by atoms with E-state index in [1.54, 1.807) is 30.3 Å². The Morgan fingerprint density at radius 3 is 2.52 bits per heavy atom. The summed E-state index contributed by atoms with van der Waals surface area (Å²) in [5, 5.41) is 9.02. The molecule has 27 heavy (non-hydrogen) atoms. The highest BCUT2D eigenvalue weighted by Gasteiger charge is 2.35. The zero-order valence-corrected chi connectivity index (χ0v) is 14.8. The van der Waals surface area contributed by atoms with Crippen LogP contribution in [0.3, 0.4) is 0 Å². The number of aliphatic hydroxyl groups is 1. The molecule has 7 heteroatoms. The second kappa shape index (κ2) is 8.63. The maximum Gasteiger partial charge on any atom is 0.419 e. The Morgan fingerprint density at radius 1 is 1.07 bits per heavy atom. The molecule has 1 aliphatic heterocycles. The number of likely N-dealkylation sites (tertiary alicyclic amines) is 1. The first-order valence-electron chi connectivity index (χ1n) is 8.83. The van der Waals surface area contributed by atoms with Gasteiger partial charge in [-0.2, -0.15) is 13.2 Å². The number of rotatable bonds is 7. The highest BCUT2D eigenvalue weighted by Crippen LogP contribution is 2.36. The molecule has 0 aliphatic carbocycles. The van der Waals surface area contributed by atoms with Crippen molar-refractivity contribution >= 4 is 0 Å². The fourth-order valence-electron chi connectivity index (χ4n) is 3.06. The molecular weight excluding hydrogens is 359 g/mol. The maximum atomic E-state index is 13.1. The van der Waals surface area contributed by atoms with E-state index < -0.39 is 11.7 Å². The smallest absolute Gasteiger partial charge is 0.419 e. The van der Waals surface area contributed by atoms with Crippen LogP contribution in [0.1, 0.15) is 17.5 Å². The van der Waals surface area contributed by atoms with Gasteiger partial charge >= 0.3 is 6.18 Å². The van der Waals surface area contributed by atoms with Crippen molar-refractivity contribution < 1.29 is 27.8 Å². The van der Waals surface area contributed by atoms with Gasteiger partial charge in [-0.05, 0) is 36.2 Å². The average molecular weight is 381 g/mol. The van der Waals surface area contributed by atoms with Crippen molar-refractivity contribution in [2.45, 2.75) is 25.3 Å². The molecule has 1 unspecified atom stereocenters. The van der Waals surface area contributed by atoms with E-state index in [4.69, 9.17) is 14.6 Å². The predicted octanol–water partition coefficient (Wildman–Crippen LogP) is 3.73. The number of halogens is 3. The minimum absolute atomic E-state index is 0.00703. The highest BCUT2D eigenvalue weighted by atomic mass is 19.4. The number of nitrogens with zero attached hydrogens (tertiary/aromatic N) is 1. The van der Waals surface area contributed by atoms with Crippen LogP contribution in [0.5, 0.6) is 11.5 Å². The van der Waals surface area contributed by atoms with Gasteiger partial charge < -0.3 is 14.6 Å². The van der Waals surface area contributed by atoms with Crippen molar-refractivity contribution in [1.82, 2.24) is 4.90 Å². The SMILES string of the molecule is OCc1ccc(OCCN2CCC(Oc3ccccc3C(F)(F)F)C2)cc1. The average Bonchev–Trinajstić information content (AvgIpc) is 3.09. The van der Waals surface area contributed by atoms with Gasteiger partial charge in [0.25, 0.3) is 0 Å². The van der Waals surface area contributed by atoms with Crippen molar-refractivity contribution in [2.24, 2.45) is 0 Å². The minimum Gasteiger partial charge on any atom is -0.492 e. The van der Waals surface area contributed by atoms with E-state index in [-0.39, 0.29) is 18.5 Å². The number of alkyl halides is 3. The van der Waals surface area contributed by atoms with Gasteiger partial charge in [-0.25, -0.2) is 0 Å². The lowest BCUT2D eigenvalue weighted by molar-refractivity contribution is -0.139. The van der Waals surface area contributed by atoms with Crippen LogP contribution in [0.25, 0.3) is 0 Å². The van der Waals surface area contributed by atoms with Gasteiger partial charge in [0, 0.05) is 19.6 Å². The second-order valence-corrected chi connectivity index (χ2v) is 6.47. The fourth-order valence-corrected chi connectivity index (χ4v) is 3.06. The summed E-state index contributed by atoms with van der Waals surface area (Å²) in [6, 6.07) is 12.5. The lowest BCUT2D eigenvalue weighted by Gasteiger charge is -2.19. The van der Waals surface area contributed by atoms with E-state index in [1.165, 1.54) is 12.1 Å². The first-order valence-corrected chi connectivity index (χ1v) is 8.83. The van der Waals surface area contributed by atoms with Crippen LogP contribution in [0.15, 0.2) is 48.5 Å². The molecule has 1 atom stereocenters. The molecule has 3 rings (SSSR count). The third kappa shape index (κ3) is 5.37. The Morgan fingerprint density at radius 2 is 1.81 bits per heavy atom. The van der Waals surface area contributed by atoms with Gasteiger partial charge in [0.05, 0.1) is 12.2 Å². The van der Waals surface area contributed by atoms with Crippen molar-refractivity contribution in [3.05, 3.63) is 59.7 Å². The Hall–Kier alpha value is -2.25. The molecule has 0 spiro atoms. The molecular formula is C20H22F3NO3. The summed E-state index contributed by atoms with van der Waals surface area (Å²) in [5.74, 6) is 0.607. The van der Waals surface area contributed by atoms with Crippen molar-refractivity contribution in [2.75, 3.05) is 26.2 Å². The van der Waals surface area contributed by atoms with E-state index in [9.17, 15) is 13.2 Å². The number of aliphatic hydroxyl groups excluding tert-OH is 1.